The fourth-order valence-electron chi connectivity index (χ4n) is 5.29. The van der Waals surface area contributed by atoms with Gasteiger partial charge in [-0.25, -0.2) is 0 Å². The van der Waals surface area contributed by atoms with Gasteiger partial charge >= 0.3 is 11.9 Å². The number of nitrogens with zero attached hydrogens (tertiary/aromatic N) is 1. The fraction of sp³-hybridized carbons (Fsp3) is 0.724. The van der Waals surface area contributed by atoms with E-state index in [0.717, 1.165) is 31.2 Å². The van der Waals surface area contributed by atoms with Crippen molar-refractivity contribution in [3.63, 3.8) is 0 Å². The molecule has 0 radical (unpaired) electrons. The molecular weight excluding hydrogens is 442 g/mol. The van der Waals surface area contributed by atoms with Crippen LogP contribution in [-0.2, 0) is 14.3 Å². The summed E-state index contributed by atoms with van der Waals surface area (Å²) in [6.45, 7) is 2.02. The van der Waals surface area contributed by atoms with Crippen molar-refractivity contribution in [1.29, 1.82) is 0 Å². The summed E-state index contributed by atoms with van der Waals surface area (Å²) in [6, 6.07) is 10.5. The molecule has 0 aliphatic carbocycles. The van der Waals surface area contributed by atoms with Crippen LogP contribution in [0.25, 0.3) is 0 Å². The van der Waals surface area contributed by atoms with E-state index in [-0.39, 0.29) is 18.7 Å². The number of aliphatic hydroxyl groups excluding tert-OH is 1. The van der Waals surface area contributed by atoms with Crippen molar-refractivity contribution >= 4 is 11.9 Å². The summed E-state index contributed by atoms with van der Waals surface area (Å²) < 4.78 is 5.70. The second-order valence-electron chi connectivity index (χ2n) is 10.2. The summed E-state index contributed by atoms with van der Waals surface area (Å²) in [6.07, 6.45) is 15.7. The summed E-state index contributed by atoms with van der Waals surface area (Å²) in [4.78, 5) is 25.0. The van der Waals surface area contributed by atoms with E-state index in [1.165, 1.54) is 57.8 Å². The average Bonchev–Trinajstić information content (AvgIpc) is 3.04. The van der Waals surface area contributed by atoms with Crippen molar-refractivity contribution < 1.29 is 24.5 Å². The summed E-state index contributed by atoms with van der Waals surface area (Å²) in [5, 5.41) is 17.9. The van der Waals surface area contributed by atoms with Crippen LogP contribution in [0.3, 0.4) is 0 Å². The van der Waals surface area contributed by atoms with Crippen LogP contribution in [0.5, 0.6) is 0 Å². The zero-order chi connectivity index (χ0) is 25.5. The van der Waals surface area contributed by atoms with E-state index in [1.807, 2.05) is 30.3 Å². The van der Waals surface area contributed by atoms with Crippen LogP contribution < -0.4 is 0 Å². The molecule has 2 saturated heterocycles. The van der Waals surface area contributed by atoms with E-state index in [9.17, 15) is 14.7 Å². The van der Waals surface area contributed by atoms with Gasteiger partial charge in [-0.15, -0.1) is 0 Å². The molecule has 198 valence electrons. The van der Waals surface area contributed by atoms with Crippen LogP contribution in [0, 0.1) is 0 Å². The minimum absolute atomic E-state index is 0.00367. The normalized spacial score (nSPS) is 22.2. The first-order valence-corrected chi connectivity index (χ1v) is 13.8. The standard InChI is InChI=1S/C17H23NO3.C12H24O2/c1-18-13-7-8-14(18)10-15(9-13)21-17(20)16(11-19)12-5-3-2-4-6-12;1-2-3-4-5-6-7-8-9-10-11-12(13)14/h2-6,13-16,19H,7-11H2,1H3;2-11H2,1H3,(H,13,14). The van der Waals surface area contributed by atoms with E-state index < -0.39 is 11.9 Å². The number of aliphatic carboxylic acids is 1. The topological polar surface area (TPSA) is 87.1 Å². The monoisotopic (exact) mass is 489 g/mol. The SMILES string of the molecule is CCCCCCCCCCCC(=O)O.CN1C2CCC1CC(OC(=O)C(CO)c1ccccc1)C2. The van der Waals surface area contributed by atoms with Crippen LogP contribution in [0.15, 0.2) is 30.3 Å². The highest BCUT2D eigenvalue weighted by molar-refractivity contribution is 5.78. The van der Waals surface area contributed by atoms with Gasteiger partial charge in [-0.05, 0) is 44.7 Å². The first-order valence-electron chi connectivity index (χ1n) is 13.8. The number of carbonyl (C=O) groups is 2. The van der Waals surface area contributed by atoms with Gasteiger partial charge in [0.15, 0.2) is 0 Å². The number of benzene rings is 1. The molecule has 2 aliphatic heterocycles. The Morgan fingerprint density at radius 1 is 0.943 bits per heavy atom. The van der Waals surface area contributed by atoms with E-state index in [1.54, 1.807) is 0 Å². The third-order valence-electron chi connectivity index (χ3n) is 7.50. The largest absolute Gasteiger partial charge is 0.481 e. The number of carboxylic acid groups (broad SMARTS) is 1. The van der Waals surface area contributed by atoms with E-state index in [0.29, 0.717) is 18.5 Å². The van der Waals surface area contributed by atoms with Crippen LogP contribution in [0.1, 0.15) is 108 Å². The molecular formula is C29H47NO5. The Morgan fingerprint density at radius 3 is 2.00 bits per heavy atom. The van der Waals surface area contributed by atoms with Crippen molar-refractivity contribution in [1.82, 2.24) is 4.90 Å². The molecule has 2 aliphatic rings. The fourth-order valence-corrected chi connectivity index (χ4v) is 5.29. The lowest BCUT2D eigenvalue weighted by Gasteiger charge is -2.36. The zero-order valence-corrected chi connectivity index (χ0v) is 21.9. The third-order valence-corrected chi connectivity index (χ3v) is 7.50. The molecule has 2 fully saturated rings. The van der Waals surface area contributed by atoms with Gasteiger partial charge < -0.3 is 19.8 Å². The molecule has 0 amide bonds. The molecule has 1 aromatic rings. The Kier molecular flexibility index (Phi) is 14.0. The quantitative estimate of drug-likeness (QED) is 0.249. The molecule has 0 aromatic heterocycles. The number of piperidine rings is 1. The number of hydrogen-bond acceptors (Lipinski definition) is 5. The Labute approximate surface area is 212 Å². The lowest BCUT2D eigenvalue weighted by atomic mass is 9.98. The van der Waals surface area contributed by atoms with Crippen LogP contribution >= 0.6 is 0 Å². The number of ether oxygens (including phenoxy) is 1. The Balaban J connectivity index is 0.000000271. The highest BCUT2D eigenvalue weighted by atomic mass is 16.5. The highest BCUT2D eigenvalue weighted by Crippen LogP contribution is 2.36. The predicted octanol–water partition coefficient (Wildman–Crippen LogP) is 5.92. The molecule has 35 heavy (non-hydrogen) atoms. The summed E-state index contributed by atoms with van der Waals surface area (Å²) in [7, 11) is 2.17. The Bertz CT molecular complexity index is 711. The molecule has 2 heterocycles. The number of hydrogen-bond donors (Lipinski definition) is 2. The number of fused-ring (bicyclic) bond motifs is 2. The smallest absolute Gasteiger partial charge is 0.316 e. The van der Waals surface area contributed by atoms with Crippen molar-refractivity contribution in [3.8, 4) is 0 Å². The van der Waals surface area contributed by atoms with Crippen molar-refractivity contribution in [2.24, 2.45) is 0 Å². The van der Waals surface area contributed by atoms with Crippen molar-refractivity contribution in [2.45, 2.75) is 121 Å². The summed E-state index contributed by atoms with van der Waals surface area (Å²) in [5.41, 5.74) is 0.820. The van der Waals surface area contributed by atoms with E-state index in [2.05, 4.69) is 18.9 Å². The van der Waals surface area contributed by atoms with E-state index >= 15 is 0 Å². The lowest BCUT2D eigenvalue weighted by Crippen LogP contribution is -2.43. The molecule has 0 spiro atoms. The molecule has 1 aromatic carbocycles. The number of carbonyl (C=O) groups excluding carboxylic acids is 1. The van der Waals surface area contributed by atoms with Gasteiger partial charge in [-0.2, -0.15) is 0 Å². The average molecular weight is 490 g/mol. The molecule has 3 unspecified atom stereocenters. The summed E-state index contributed by atoms with van der Waals surface area (Å²) >= 11 is 0. The molecule has 2 bridgehead atoms. The number of rotatable bonds is 14. The molecule has 6 nitrogen and oxygen atoms in total. The lowest BCUT2D eigenvalue weighted by molar-refractivity contribution is -0.155. The molecule has 2 N–H and O–H groups in total. The molecule has 6 heteroatoms. The van der Waals surface area contributed by atoms with Crippen LogP contribution in [0.4, 0.5) is 0 Å². The Hall–Kier alpha value is -1.92. The number of carboxylic acids is 1. The van der Waals surface area contributed by atoms with Gasteiger partial charge in [-0.1, -0.05) is 88.6 Å². The molecule has 0 saturated carbocycles. The summed E-state index contributed by atoms with van der Waals surface area (Å²) in [5.74, 6) is -1.52. The number of unbranched alkanes of at least 4 members (excludes halogenated alkanes) is 8. The minimum atomic E-state index is -0.659. The Morgan fingerprint density at radius 2 is 1.49 bits per heavy atom. The van der Waals surface area contributed by atoms with Gasteiger partial charge in [0.05, 0.1) is 6.61 Å². The minimum Gasteiger partial charge on any atom is -0.481 e. The van der Waals surface area contributed by atoms with Crippen molar-refractivity contribution in [3.05, 3.63) is 35.9 Å². The zero-order valence-electron chi connectivity index (χ0n) is 21.9. The van der Waals surface area contributed by atoms with Gasteiger partial charge in [-0.3, -0.25) is 9.59 Å². The van der Waals surface area contributed by atoms with Crippen LogP contribution in [-0.4, -0.2) is 58.9 Å². The maximum atomic E-state index is 12.4. The van der Waals surface area contributed by atoms with E-state index in [4.69, 9.17) is 9.84 Å². The maximum absolute atomic E-state index is 12.4. The first kappa shape index (κ1) is 29.3. The number of aliphatic hydroxyl groups is 1. The third kappa shape index (κ3) is 10.7. The first-order chi connectivity index (χ1) is 17.0. The molecule has 3 rings (SSSR count). The van der Waals surface area contributed by atoms with Crippen LogP contribution in [0.2, 0.25) is 0 Å². The second kappa shape index (κ2) is 16.7. The molecule has 3 atom stereocenters. The second-order valence-corrected chi connectivity index (χ2v) is 10.2. The van der Waals surface area contributed by atoms with Gasteiger partial charge in [0, 0.05) is 18.5 Å². The van der Waals surface area contributed by atoms with Gasteiger partial charge in [0.25, 0.3) is 0 Å². The van der Waals surface area contributed by atoms with Crippen molar-refractivity contribution in [2.75, 3.05) is 13.7 Å². The highest BCUT2D eigenvalue weighted by Gasteiger charge is 2.40. The number of esters is 1. The van der Waals surface area contributed by atoms with Gasteiger partial charge in [0.2, 0.25) is 0 Å². The predicted molar refractivity (Wildman–Crippen MR) is 139 cm³/mol. The maximum Gasteiger partial charge on any atom is 0.316 e. The van der Waals surface area contributed by atoms with Gasteiger partial charge in [0.1, 0.15) is 12.0 Å².